The minimum absolute atomic E-state index is 0. The molecule has 0 amide bonds. The van der Waals surface area contributed by atoms with Gasteiger partial charge in [0.15, 0.2) is 37.9 Å². The van der Waals surface area contributed by atoms with E-state index in [1.165, 1.54) is 22.2 Å². The molecule has 9 heteroatoms. The molecule has 0 spiro atoms. The molecule has 0 aliphatic heterocycles. The largest absolute Gasteiger partial charge is 1.00 e. The van der Waals surface area contributed by atoms with Gasteiger partial charge in [0.1, 0.15) is 0 Å². The third-order valence-corrected chi connectivity index (χ3v) is 4.62. The lowest BCUT2D eigenvalue weighted by molar-refractivity contribution is -0.688. The van der Waals surface area contributed by atoms with Gasteiger partial charge >= 0.3 is 0 Å². The zero-order valence-corrected chi connectivity index (χ0v) is 16.5. The normalized spacial score (nSPS) is 10.7. The average molecular weight is 425 g/mol. The van der Waals surface area contributed by atoms with Crippen molar-refractivity contribution in [2.45, 2.75) is 13.1 Å². The zero-order chi connectivity index (χ0) is 17.5. The lowest BCUT2D eigenvalue weighted by Gasteiger charge is -1.96. The first-order valence-electron chi connectivity index (χ1n) is 7.67. The van der Waals surface area contributed by atoms with Crippen LogP contribution >= 0.6 is 11.3 Å². The average Bonchev–Trinajstić information content (AvgIpc) is 3.03. The predicted octanol–water partition coefficient (Wildman–Crippen LogP) is -3.96. The van der Waals surface area contributed by atoms with E-state index in [9.17, 15) is 0 Å². The van der Waals surface area contributed by atoms with Crippen molar-refractivity contribution < 1.29 is 44.4 Å². The minimum Gasteiger partial charge on any atom is -1.00 e. The number of oxime groups is 2. The first kappa shape index (κ1) is 22.6. The fraction of sp³-hybridized carbons (Fsp3) is 0.111. The molecule has 0 saturated heterocycles. The quantitative estimate of drug-likeness (QED) is 0.183. The molecule has 3 rings (SSSR count). The third kappa shape index (κ3) is 6.63. The van der Waals surface area contributed by atoms with Gasteiger partial charge in [0, 0.05) is 12.1 Å². The van der Waals surface area contributed by atoms with E-state index < -0.39 is 0 Å². The summed E-state index contributed by atoms with van der Waals surface area (Å²) in [6.45, 7) is 1.53. The topological polar surface area (TPSA) is 72.9 Å². The summed E-state index contributed by atoms with van der Waals surface area (Å²) in [5.74, 6) is 0. The molecule has 0 unspecified atom stereocenters. The minimum atomic E-state index is 0. The SMILES string of the molecule is O/N=C/c1ccc[n+](Cc2ccc(C[n+]3cccc(/C=N/O)c3)s2)c1.[Cl-].[Cl-]. The molecule has 3 aromatic heterocycles. The van der Waals surface area contributed by atoms with Gasteiger partial charge in [-0.2, -0.15) is 9.13 Å². The van der Waals surface area contributed by atoms with Crippen molar-refractivity contribution in [2.75, 3.05) is 0 Å². The Kier molecular flexibility index (Phi) is 9.42. The van der Waals surface area contributed by atoms with Crippen LogP contribution in [-0.4, -0.2) is 22.8 Å². The lowest BCUT2D eigenvalue weighted by atomic mass is 10.3. The highest BCUT2D eigenvalue weighted by molar-refractivity contribution is 7.11. The Morgan fingerprint density at radius 1 is 0.778 bits per heavy atom. The Morgan fingerprint density at radius 2 is 1.22 bits per heavy atom. The second kappa shape index (κ2) is 11.3. The van der Waals surface area contributed by atoms with Crippen LogP contribution in [0.3, 0.4) is 0 Å². The van der Waals surface area contributed by atoms with Crippen molar-refractivity contribution in [1.82, 2.24) is 0 Å². The number of hydrogen-bond donors (Lipinski definition) is 2. The molecule has 2 N–H and O–H groups in total. The summed E-state index contributed by atoms with van der Waals surface area (Å²) in [6, 6.07) is 11.9. The van der Waals surface area contributed by atoms with Crippen LogP contribution in [0.15, 0.2) is 71.5 Å². The van der Waals surface area contributed by atoms with E-state index in [4.69, 9.17) is 10.4 Å². The molecule has 27 heavy (non-hydrogen) atoms. The standard InChI is InChI=1S/C18H16N4O2S.2ClH/c23-19-9-15-3-1-7-21(11-15)13-17-5-6-18(25-17)14-22-8-2-4-16(12-22)10-20-24;;/h1-12H,13-14H2;2*1H/b19-9+,20-10+;;. The molecule has 3 aromatic rings. The zero-order valence-electron chi connectivity index (χ0n) is 14.2. The van der Waals surface area contributed by atoms with Crippen molar-refractivity contribution in [3.05, 3.63) is 82.1 Å². The number of aromatic nitrogens is 2. The molecule has 3 heterocycles. The van der Waals surface area contributed by atoms with E-state index >= 15 is 0 Å². The van der Waals surface area contributed by atoms with Crippen LogP contribution in [0.25, 0.3) is 0 Å². The van der Waals surface area contributed by atoms with Crippen molar-refractivity contribution in [3.63, 3.8) is 0 Å². The molecule has 0 aromatic carbocycles. The molecule has 0 saturated carbocycles. The van der Waals surface area contributed by atoms with Gasteiger partial charge < -0.3 is 35.2 Å². The van der Waals surface area contributed by atoms with Crippen LogP contribution < -0.4 is 33.9 Å². The van der Waals surface area contributed by atoms with E-state index in [2.05, 4.69) is 31.6 Å². The number of nitrogens with zero attached hydrogens (tertiary/aromatic N) is 4. The summed E-state index contributed by atoms with van der Waals surface area (Å²) >= 11 is 1.75. The fourth-order valence-electron chi connectivity index (χ4n) is 2.52. The van der Waals surface area contributed by atoms with Gasteiger partial charge in [0.2, 0.25) is 0 Å². The predicted molar refractivity (Wildman–Crippen MR) is 94.6 cm³/mol. The monoisotopic (exact) mass is 424 g/mol. The van der Waals surface area contributed by atoms with E-state index in [-0.39, 0.29) is 24.8 Å². The van der Waals surface area contributed by atoms with Crippen LogP contribution in [0.1, 0.15) is 20.9 Å². The van der Waals surface area contributed by atoms with Crippen LogP contribution in [0.5, 0.6) is 0 Å². The maximum absolute atomic E-state index is 8.63. The highest BCUT2D eigenvalue weighted by Crippen LogP contribution is 2.16. The van der Waals surface area contributed by atoms with Crippen molar-refractivity contribution in [3.8, 4) is 0 Å². The maximum atomic E-state index is 8.63. The Bertz CT molecular complexity index is 844. The highest BCUT2D eigenvalue weighted by atomic mass is 35.5. The summed E-state index contributed by atoms with van der Waals surface area (Å²) < 4.78 is 4.11. The summed E-state index contributed by atoms with van der Waals surface area (Å²) in [5.41, 5.74) is 1.69. The fourth-order valence-corrected chi connectivity index (χ4v) is 3.56. The third-order valence-electron chi connectivity index (χ3n) is 3.57. The Balaban J connectivity index is 0.00000182. The second-order valence-corrected chi connectivity index (χ2v) is 6.73. The van der Waals surface area contributed by atoms with Gasteiger partial charge in [-0.3, -0.25) is 0 Å². The Morgan fingerprint density at radius 3 is 1.63 bits per heavy atom. The van der Waals surface area contributed by atoms with E-state index in [1.54, 1.807) is 11.3 Å². The summed E-state index contributed by atoms with van der Waals surface area (Å²) in [6.07, 6.45) is 10.7. The molecular weight excluding hydrogens is 407 g/mol. The summed E-state index contributed by atoms with van der Waals surface area (Å²) in [7, 11) is 0. The smallest absolute Gasteiger partial charge is 0.182 e. The molecule has 0 atom stereocenters. The number of rotatable bonds is 6. The van der Waals surface area contributed by atoms with E-state index in [0.29, 0.717) is 0 Å². The van der Waals surface area contributed by atoms with Crippen molar-refractivity contribution in [1.29, 1.82) is 0 Å². The number of pyridine rings is 2. The summed E-state index contributed by atoms with van der Waals surface area (Å²) in [4.78, 5) is 2.48. The van der Waals surface area contributed by atoms with Gasteiger partial charge in [-0.05, 0) is 24.3 Å². The van der Waals surface area contributed by atoms with Crippen LogP contribution in [0.4, 0.5) is 0 Å². The van der Waals surface area contributed by atoms with Crippen LogP contribution in [0, 0.1) is 0 Å². The summed E-state index contributed by atoms with van der Waals surface area (Å²) in [5, 5.41) is 23.4. The maximum Gasteiger partial charge on any atom is 0.182 e. The lowest BCUT2D eigenvalue weighted by Crippen LogP contribution is -3.00. The molecule has 6 nitrogen and oxygen atoms in total. The molecule has 0 aliphatic carbocycles. The van der Waals surface area contributed by atoms with Gasteiger partial charge in [0.25, 0.3) is 0 Å². The molecular formula is C18H18Cl2N4O2S. The second-order valence-electron chi connectivity index (χ2n) is 5.48. The van der Waals surface area contributed by atoms with Gasteiger partial charge in [-0.15, -0.1) is 11.3 Å². The van der Waals surface area contributed by atoms with Gasteiger partial charge in [-0.25, -0.2) is 0 Å². The Labute approximate surface area is 173 Å². The van der Waals surface area contributed by atoms with E-state index in [1.807, 2.05) is 49.1 Å². The molecule has 0 fully saturated rings. The number of halogens is 2. The van der Waals surface area contributed by atoms with Crippen LogP contribution in [-0.2, 0) is 13.1 Å². The van der Waals surface area contributed by atoms with Crippen molar-refractivity contribution in [2.24, 2.45) is 10.3 Å². The Hall–Kier alpha value is -2.48. The molecule has 0 aliphatic rings. The van der Waals surface area contributed by atoms with Gasteiger partial charge in [-0.1, -0.05) is 10.3 Å². The molecule has 142 valence electrons. The van der Waals surface area contributed by atoms with Gasteiger partial charge in [0.05, 0.1) is 33.3 Å². The van der Waals surface area contributed by atoms with E-state index in [0.717, 1.165) is 24.2 Å². The number of thiophene rings is 1. The molecule has 0 radical (unpaired) electrons. The van der Waals surface area contributed by atoms with Crippen molar-refractivity contribution >= 4 is 23.8 Å². The first-order valence-corrected chi connectivity index (χ1v) is 8.49. The van der Waals surface area contributed by atoms with Crippen LogP contribution in [0.2, 0.25) is 0 Å². The highest BCUT2D eigenvalue weighted by Gasteiger charge is 2.10. The first-order chi connectivity index (χ1) is 12.3. The number of hydrogen-bond acceptors (Lipinski definition) is 5. The molecule has 0 bridgehead atoms.